The number of rotatable bonds is 44. The van der Waals surface area contributed by atoms with Crippen molar-refractivity contribution < 1.29 is 20.1 Å². The fourth-order valence-corrected chi connectivity index (χ4v) is 7.61. The molecule has 0 aromatic rings. The average Bonchev–Trinajstić information content (AvgIpc) is 3.16. The summed E-state index contributed by atoms with van der Waals surface area (Å²) in [6, 6.07) is -0.739. The highest BCUT2D eigenvalue weighted by Crippen LogP contribution is 2.17. The Morgan fingerprint density at radius 2 is 0.717 bits per heavy atom. The number of hydrogen-bond acceptors (Lipinski definition) is 4. The van der Waals surface area contributed by atoms with Crippen molar-refractivity contribution in [2.45, 2.75) is 283 Å². The second-order valence-electron chi connectivity index (χ2n) is 16.7. The molecule has 53 heavy (non-hydrogen) atoms. The number of nitrogens with one attached hydrogen (secondary N) is 1. The van der Waals surface area contributed by atoms with E-state index >= 15 is 0 Å². The van der Waals surface area contributed by atoms with Crippen LogP contribution in [0.25, 0.3) is 0 Å². The molecule has 0 spiro atoms. The highest BCUT2D eigenvalue weighted by Gasteiger charge is 2.18. The van der Waals surface area contributed by atoms with Gasteiger partial charge in [-0.2, -0.15) is 0 Å². The van der Waals surface area contributed by atoms with Crippen molar-refractivity contribution in [3.63, 3.8) is 0 Å². The molecule has 0 bridgehead atoms. The molecule has 0 saturated carbocycles. The minimum absolute atomic E-state index is 0.123. The molecule has 0 fully saturated rings. The summed E-state index contributed by atoms with van der Waals surface area (Å²) in [7, 11) is 0. The molecular formula is C48H95NO4. The molecule has 0 aromatic heterocycles. The second kappa shape index (κ2) is 43.8. The molecule has 0 unspecified atom stereocenters. The van der Waals surface area contributed by atoms with Crippen LogP contribution in [0.1, 0.15) is 264 Å². The summed E-state index contributed by atoms with van der Waals surface area (Å²) >= 11 is 0. The van der Waals surface area contributed by atoms with E-state index in [2.05, 4.69) is 19.2 Å². The van der Waals surface area contributed by atoms with Gasteiger partial charge in [0.2, 0.25) is 5.91 Å². The zero-order valence-electron chi connectivity index (χ0n) is 35.9. The SMILES string of the molecule is CCCCCCCCCCCCCCCCCCCCCCCCCCCCCC(=O)N[C@@H](CO)[C@H](O)/C=C/[C@H](O)CCCCCCCCCCCC. The predicted octanol–water partition coefficient (Wildman–Crippen LogP) is 14.0. The van der Waals surface area contributed by atoms with Gasteiger partial charge in [0.05, 0.1) is 24.9 Å². The largest absolute Gasteiger partial charge is 0.394 e. The molecule has 0 aliphatic carbocycles. The number of unbranched alkanes of at least 4 members (excludes halogenated alkanes) is 35. The van der Waals surface area contributed by atoms with Crippen LogP contribution < -0.4 is 5.32 Å². The number of amides is 1. The lowest BCUT2D eigenvalue weighted by molar-refractivity contribution is -0.123. The van der Waals surface area contributed by atoms with Gasteiger partial charge < -0.3 is 20.6 Å². The van der Waals surface area contributed by atoms with Crippen molar-refractivity contribution in [2.24, 2.45) is 0 Å². The lowest BCUT2D eigenvalue weighted by atomic mass is 10.0. The Morgan fingerprint density at radius 1 is 0.434 bits per heavy atom. The van der Waals surface area contributed by atoms with Gasteiger partial charge in [0.1, 0.15) is 0 Å². The van der Waals surface area contributed by atoms with E-state index in [4.69, 9.17) is 0 Å². The van der Waals surface area contributed by atoms with E-state index < -0.39 is 18.2 Å². The van der Waals surface area contributed by atoms with Gasteiger partial charge in [-0.1, -0.05) is 257 Å². The zero-order valence-corrected chi connectivity index (χ0v) is 35.9. The van der Waals surface area contributed by atoms with Crippen molar-refractivity contribution in [1.29, 1.82) is 0 Å². The maximum absolute atomic E-state index is 12.4. The Kier molecular flexibility index (Phi) is 43.1. The maximum Gasteiger partial charge on any atom is 0.220 e. The quantitative estimate of drug-likeness (QED) is 0.0369. The third-order valence-corrected chi connectivity index (χ3v) is 11.3. The van der Waals surface area contributed by atoms with Gasteiger partial charge >= 0.3 is 0 Å². The lowest BCUT2D eigenvalue weighted by Gasteiger charge is -2.20. The van der Waals surface area contributed by atoms with E-state index in [0.717, 1.165) is 32.1 Å². The molecule has 0 radical (unpaired) electrons. The zero-order chi connectivity index (χ0) is 38.7. The van der Waals surface area contributed by atoms with Crippen LogP contribution in [0.4, 0.5) is 0 Å². The Bertz CT molecular complexity index is 743. The van der Waals surface area contributed by atoms with Gasteiger partial charge in [-0.05, 0) is 12.8 Å². The number of aliphatic hydroxyl groups excluding tert-OH is 3. The second-order valence-corrected chi connectivity index (χ2v) is 16.7. The summed E-state index contributed by atoms with van der Waals surface area (Å²) in [5.41, 5.74) is 0. The molecule has 0 aromatic carbocycles. The molecule has 0 saturated heterocycles. The first-order chi connectivity index (χ1) is 26.0. The summed E-state index contributed by atoms with van der Waals surface area (Å²) < 4.78 is 0. The third kappa shape index (κ3) is 40.6. The fraction of sp³-hybridized carbons (Fsp3) is 0.938. The first kappa shape index (κ1) is 52.1. The van der Waals surface area contributed by atoms with Gasteiger partial charge in [0.25, 0.3) is 0 Å². The lowest BCUT2D eigenvalue weighted by Crippen LogP contribution is -2.45. The summed E-state index contributed by atoms with van der Waals surface area (Å²) in [4.78, 5) is 12.4. The number of hydrogen-bond donors (Lipinski definition) is 4. The average molecular weight is 750 g/mol. The van der Waals surface area contributed by atoms with Gasteiger partial charge in [-0.15, -0.1) is 0 Å². The summed E-state index contributed by atoms with van der Waals surface area (Å²) in [5, 5.41) is 33.2. The standard InChI is InChI=1S/C48H95NO4/c1-3-5-7-9-11-13-15-16-17-18-19-20-21-22-23-24-25-26-27-28-29-30-31-33-35-37-39-41-48(53)49-46(44-50)47(52)43-42-45(51)40-38-36-34-32-14-12-10-8-6-4-2/h42-43,45-47,50-52H,3-41,44H2,1-2H3,(H,49,53)/b43-42+/t45-,46+,47-/m1/s1. The number of aliphatic hydroxyl groups is 3. The molecule has 0 heterocycles. The van der Waals surface area contributed by atoms with Crippen molar-refractivity contribution in [1.82, 2.24) is 5.32 Å². The van der Waals surface area contributed by atoms with Gasteiger partial charge in [-0.25, -0.2) is 0 Å². The smallest absolute Gasteiger partial charge is 0.220 e. The molecule has 316 valence electrons. The molecule has 0 aliphatic heterocycles. The van der Waals surface area contributed by atoms with E-state index in [-0.39, 0.29) is 12.5 Å². The Morgan fingerprint density at radius 3 is 1.02 bits per heavy atom. The van der Waals surface area contributed by atoms with Crippen molar-refractivity contribution >= 4 is 5.91 Å². The minimum Gasteiger partial charge on any atom is -0.394 e. The third-order valence-electron chi connectivity index (χ3n) is 11.3. The van der Waals surface area contributed by atoms with Gasteiger partial charge in [-0.3, -0.25) is 4.79 Å². The molecule has 4 N–H and O–H groups in total. The Balaban J connectivity index is 3.51. The van der Waals surface area contributed by atoms with Gasteiger partial charge in [0.15, 0.2) is 0 Å². The summed E-state index contributed by atoms with van der Waals surface area (Å²) in [5.74, 6) is -0.123. The predicted molar refractivity (Wildman–Crippen MR) is 232 cm³/mol. The molecule has 0 aliphatic rings. The van der Waals surface area contributed by atoms with Crippen LogP contribution in [0.5, 0.6) is 0 Å². The minimum atomic E-state index is -1.01. The molecule has 3 atom stereocenters. The molecule has 0 rings (SSSR count). The Labute approximate surface area is 331 Å². The first-order valence-corrected chi connectivity index (χ1v) is 24.0. The van der Waals surface area contributed by atoms with Crippen LogP contribution in [-0.4, -0.2) is 46.1 Å². The Hall–Kier alpha value is -0.910. The van der Waals surface area contributed by atoms with E-state index in [1.807, 2.05) is 0 Å². The van der Waals surface area contributed by atoms with Crippen LogP contribution in [0.2, 0.25) is 0 Å². The van der Waals surface area contributed by atoms with E-state index in [1.165, 1.54) is 212 Å². The molecule has 5 heteroatoms. The monoisotopic (exact) mass is 750 g/mol. The van der Waals surface area contributed by atoms with Crippen LogP contribution in [0, 0.1) is 0 Å². The van der Waals surface area contributed by atoms with Crippen LogP contribution >= 0.6 is 0 Å². The first-order valence-electron chi connectivity index (χ1n) is 24.0. The van der Waals surface area contributed by atoms with E-state index in [1.54, 1.807) is 6.08 Å². The van der Waals surface area contributed by atoms with Crippen LogP contribution in [0.15, 0.2) is 12.2 Å². The normalized spacial score (nSPS) is 13.5. The summed E-state index contributed by atoms with van der Waals surface area (Å²) in [6.45, 7) is 4.22. The van der Waals surface area contributed by atoms with Crippen molar-refractivity contribution in [3.8, 4) is 0 Å². The van der Waals surface area contributed by atoms with Gasteiger partial charge in [0, 0.05) is 6.42 Å². The molecule has 1 amide bonds. The summed E-state index contributed by atoms with van der Waals surface area (Å²) in [6.07, 6.45) is 52.2. The number of carbonyl (C=O) groups is 1. The van der Waals surface area contributed by atoms with E-state index in [0.29, 0.717) is 12.8 Å². The highest BCUT2D eigenvalue weighted by atomic mass is 16.3. The van der Waals surface area contributed by atoms with Crippen LogP contribution in [-0.2, 0) is 4.79 Å². The maximum atomic E-state index is 12.4. The highest BCUT2D eigenvalue weighted by molar-refractivity contribution is 5.76. The van der Waals surface area contributed by atoms with Crippen molar-refractivity contribution in [3.05, 3.63) is 12.2 Å². The van der Waals surface area contributed by atoms with E-state index in [9.17, 15) is 20.1 Å². The number of carbonyl (C=O) groups excluding carboxylic acids is 1. The van der Waals surface area contributed by atoms with Crippen LogP contribution in [0.3, 0.4) is 0 Å². The fourth-order valence-electron chi connectivity index (χ4n) is 7.61. The molecular weight excluding hydrogens is 655 g/mol. The van der Waals surface area contributed by atoms with Crippen molar-refractivity contribution in [2.75, 3.05) is 6.61 Å². The molecule has 5 nitrogen and oxygen atoms in total. The topological polar surface area (TPSA) is 89.8 Å².